The van der Waals surface area contributed by atoms with Crippen LogP contribution in [0.3, 0.4) is 0 Å². The Hall–Kier alpha value is -2.04. The van der Waals surface area contributed by atoms with E-state index < -0.39 is 17.7 Å². The molecule has 1 N–H and O–H groups in total. The third-order valence-corrected chi connectivity index (χ3v) is 4.87. The first kappa shape index (κ1) is 17.8. The van der Waals surface area contributed by atoms with E-state index in [-0.39, 0.29) is 11.9 Å². The highest BCUT2D eigenvalue weighted by atomic mass is 16.6. The van der Waals surface area contributed by atoms with Crippen LogP contribution >= 0.6 is 0 Å². The average molecular weight is 344 g/mol. The summed E-state index contributed by atoms with van der Waals surface area (Å²) in [5.74, 6) is -0.0648. The first-order valence-corrected chi connectivity index (χ1v) is 9.23. The number of hydrogen-bond acceptors (Lipinski definition) is 3. The molecule has 1 aromatic carbocycles. The number of benzene rings is 1. The van der Waals surface area contributed by atoms with Gasteiger partial charge in [-0.25, -0.2) is 4.79 Å². The van der Waals surface area contributed by atoms with Crippen LogP contribution < -0.4 is 5.32 Å². The standard InChI is InChI=1S/C20H28N2O3/c1-20(2,3)25-19(24)22-13-7-12-17(22)18(23)21-16-11-6-9-14-8-4-5-10-15(14)16/h4-5,8,10,16-17H,6-7,9,11-13H2,1-3H3,(H,21,23)/t16-,17-/m1/s1. The molecule has 1 aliphatic heterocycles. The van der Waals surface area contributed by atoms with Crippen LogP contribution in [-0.2, 0) is 16.0 Å². The van der Waals surface area contributed by atoms with Crippen LogP contribution in [0.1, 0.15) is 63.6 Å². The fraction of sp³-hybridized carbons (Fsp3) is 0.600. The molecule has 2 amide bonds. The first-order chi connectivity index (χ1) is 11.8. The molecule has 136 valence electrons. The highest BCUT2D eigenvalue weighted by Crippen LogP contribution is 2.30. The van der Waals surface area contributed by atoms with Gasteiger partial charge in [0.2, 0.25) is 5.91 Å². The summed E-state index contributed by atoms with van der Waals surface area (Å²) in [6.07, 6.45) is 4.22. The number of carbonyl (C=O) groups excluding carboxylic acids is 2. The van der Waals surface area contributed by atoms with Crippen molar-refractivity contribution in [3.63, 3.8) is 0 Å². The van der Waals surface area contributed by atoms with Gasteiger partial charge in [0.1, 0.15) is 11.6 Å². The molecule has 2 atom stereocenters. The van der Waals surface area contributed by atoms with E-state index in [1.54, 1.807) is 4.90 Å². The molecule has 0 bridgehead atoms. The molecule has 25 heavy (non-hydrogen) atoms. The van der Waals surface area contributed by atoms with Crippen LogP contribution in [0.2, 0.25) is 0 Å². The molecule has 0 saturated carbocycles. The zero-order chi connectivity index (χ0) is 18.0. The lowest BCUT2D eigenvalue weighted by Crippen LogP contribution is -2.48. The third kappa shape index (κ3) is 4.14. The summed E-state index contributed by atoms with van der Waals surface area (Å²) in [6.45, 7) is 6.10. The first-order valence-electron chi connectivity index (χ1n) is 9.23. The van der Waals surface area contributed by atoms with Crippen molar-refractivity contribution in [3.05, 3.63) is 35.4 Å². The van der Waals surface area contributed by atoms with Crippen LogP contribution in [0.25, 0.3) is 0 Å². The minimum atomic E-state index is -0.553. The molecule has 0 radical (unpaired) electrons. The van der Waals surface area contributed by atoms with Gasteiger partial charge in [-0.15, -0.1) is 0 Å². The molecule has 2 aliphatic rings. The van der Waals surface area contributed by atoms with E-state index in [4.69, 9.17) is 4.74 Å². The fourth-order valence-electron chi connectivity index (χ4n) is 3.75. The quantitative estimate of drug-likeness (QED) is 0.892. The van der Waals surface area contributed by atoms with Crippen LogP contribution in [0.15, 0.2) is 24.3 Å². The van der Waals surface area contributed by atoms with E-state index in [0.717, 1.165) is 25.7 Å². The number of amides is 2. The second-order valence-corrected chi connectivity index (χ2v) is 7.98. The lowest BCUT2D eigenvalue weighted by atomic mass is 9.87. The maximum absolute atomic E-state index is 12.8. The third-order valence-electron chi connectivity index (χ3n) is 4.87. The monoisotopic (exact) mass is 344 g/mol. The van der Waals surface area contributed by atoms with Gasteiger partial charge < -0.3 is 10.1 Å². The maximum atomic E-state index is 12.8. The summed E-state index contributed by atoms with van der Waals surface area (Å²) >= 11 is 0. The van der Waals surface area contributed by atoms with Gasteiger partial charge >= 0.3 is 6.09 Å². The minimum Gasteiger partial charge on any atom is -0.444 e. The summed E-state index contributed by atoms with van der Waals surface area (Å²) < 4.78 is 5.46. The zero-order valence-corrected chi connectivity index (χ0v) is 15.4. The molecule has 1 aliphatic carbocycles. The van der Waals surface area contributed by atoms with Gasteiger partial charge in [-0.1, -0.05) is 24.3 Å². The molecule has 5 heteroatoms. The van der Waals surface area contributed by atoms with Gasteiger partial charge in [0.25, 0.3) is 0 Å². The molecule has 0 spiro atoms. The molecule has 1 saturated heterocycles. The Morgan fingerprint density at radius 1 is 1.16 bits per heavy atom. The van der Waals surface area contributed by atoms with Crippen LogP contribution in [-0.4, -0.2) is 35.1 Å². The fourth-order valence-corrected chi connectivity index (χ4v) is 3.75. The van der Waals surface area contributed by atoms with Crippen LogP contribution in [0.4, 0.5) is 4.79 Å². The van der Waals surface area contributed by atoms with Crippen molar-refractivity contribution < 1.29 is 14.3 Å². The molecular formula is C20H28N2O3. The second-order valence-electron chi connectivity index (χ2n) is 7.98. The van der Waals surface area contributed by atoms with E-state index in [9.17, 15) is 9.59 Å². The van der Waals surface area contributed by atoms with E-state index in [1.807, 2.05) is 32.9 Å². The summed E-state index contributed by atoms with van der Waals surface area (Å²) in [5.41, 5.74) is 1.97. The molecule has 5 nitrogen and oxygen atoms in total. The summed E-state index contributed by atoms with van der Waals surface area (Å²) in [6, 6.07) is 7.91. The van der Waals surface area contributed by atoms with E-state index in [1.165, 1.54) is 11.1 Å². The smallest absolute Gasteiger partial charge is 0.410 e. The summed E-state index contributed by atoms with van der Waals surface area (Å²) in [7, 11) is 0. The van der Waals surface area contributed by atoms with Gasteiger partial charge in [0, 0.05) is 6.54 Å². The Labute approximate surface area is 149 Å². The Morgan fingerprint density at radius 3 is 2.68 bits per heavy atom. The molecule has 3 rings (SSSR count). The minimum absolute atomic E-state index is 0.0403. The van der Waals surface area contributed by atoms with E-state index in [2.05, 4.69) is 17.4 Å². The second kappa shape index (κ2) is 7.06. The predicted molar refractivity (Wildman–Crippen MR) is 96.2 cm³/mol. The number of rotatable bonds is 2. The average Bonchev–Trinajstić information content (AvgIpc) is 3.03. The Morgan fingerprint density at radius 2 is 1.92 bits per heavy atom. The van der Waals surface area contributed by atoms with Gasteiger partial charge in [-0.05, 0) is 64.0 Å². The number of ether oxygens (including phenoxy) is 1. The number of likely N-dealkylation sites (tertiary alicyclic amines) is 1. The van der Waals surface area contributed by atoms with E-state index in [0.29, 0.717) is 13.0 Å². The van der Waals surface area contributed by atoms with Crippen molar-refractivity contribution in [2.75, 3.05) is 6.54 Å². The topological polar surface area (TPSA) is 58.6 Å². The van der Waals surface area contributed by atoms with Gasteiger partial charge in [-0.2, -0.15) is 0 Å². The van der Waals surface area contributed by atoms with Gasteiger partial charge in [0.05, 0.1) is 6.04 Å². The molecule has 1 fully saturated rings. The number of hydrogen-bond donors (Lipinski definition) is 1. The SMILES string of the molecule is CC(C)(C)OC(=O)N1CCC[C@@H]1C(=O)N[C@@H]1CCCc2ccccc21. The molecular weight excluding hydrogens is 316 g/mol. The van der Waals surface area contributed by atoms with Crippen molar-refractivity contribution >= 4 is 12.0 Å². The van der Waals surface area contributed by atoms with Gasteiger partial charge in [-0.3, -0.25) is 9.69 Å². The van der Waals surface area contributed by atoms with Crippen molar-refractivity contribution in [2.45, 2.75) is 70.6 Å². The van der Waals surface area contributed by atoms with Crippen molar-refractivity contribution in [1.82, 2.24) is 10.2 Å². The molecule has 1 aromatic rings. The largest absolute Gasteiger partial charge is 0.444 e. The number of carbonyl (C=O) groups is 2. The highest BCUT2D eigenvalue weighted by molar-refractivity contribution is 5.86. The van der Waals surface area contributed by atoms with Crippen LogP contribution in [0, 0.1) is 0 Å². The number of nitrogens with one attached hydrogen (secondary N) is 1. The Bertz CT molecular complexity index is 651. The Kier molecular flexibility index (Phi) is 5.02. The van der Waals surface area contributed by atoms with Gasteiger partial charge in [0.15, 0.2) is 0 Å². The maximum Gasteiger partial charge on any atom is 0.410 e. The van der Waals surface area contributed by atoms with Crippen molar-refractivity contribution in [1.29, 1.82) is 0 Å². The van der Waals surface area contributed by atoms with Crippen molar-refractivity contribution in [2.24, 2.45) is 0 Å². The Balaban J connectivity index is 1.68. The summed E-state index contributed by atoms with van der Waals surface area (Å²) in [4.78, 5) is 26.8. The molecule has 0 aromatic heterocycles. The molecule has 0 unspecified atom stereocenters. The number of aryl methyl sites for hydroxylation is 1. The molecule has 1 heterocycles. The zero-order valence-electron chi connectivity index (χ0n) is 15.4. The number of fused-ring (bicyclic) bond motifs is 1. The van der Waals surface area contributed by atoms with E-state index >= 15 is 0 Å². The normalized spacial score (nSPS) is 23.1. The lowest BCUT2D eigenvalue weighted by molar-refractivity contribution is -0.126. The predicted octanol–water partition coefficient (Wildman–Crippen LogP) is 3.58. The summed E-state index contributed by atoms with van der Waals surface area (Å²) in [5, 5.41) is 3.18. The lowest BCUT2D eigenvalue weighted by Gasteiger charge is -2.31. The highest BCUT2D eigenvalue weighted by Gasteiger charge is 2.37. The van der Waals surface area contributed by atoms with Crippen molar-refractivity contribution in [3.8, 4) is 0 Å². The number of nitrogens with zero attached hydrogens (tertiary/aromatic N) is 1. The van der Waals surface area contributed by atoms with Crippen LogP contribution in [0.5, 0.6) is 0 Å².